The van der Waals surface area contributed by atoms with E-state index in [1.165, 1.54) is 0 Å². The summed E-state index contributed by atoms with van der Waals surface area (Å²) < 4.78 is 0. The minimum absolute atomic E-state index is 0.252. The van der Waals surface area contributed by atoms with Crippen molar-refractivity contribution in [1.29, 1.82) is 0 Å². The molecule has 1 heterocycles. The lowest BCUT2D eigenvalue weighted by Crippen LogP contribution is -2.46. The standard InChI is InChI=1S/C7H14N2OS/c1-6(10)5-11-7-4-8-2-3-9-7/h7-9H,2-5H2,1H3. The molecule has 0 aromatic rings. The van der Waals surface area contributed by atoms with E-state index in [9.17, 15) is 4.79 Å². The van der Waals surface area contributed by atoms with Crippen LogP contribution < -0.4 is 10.6 Å². The number of carbonyl (C=O) groups excluding carboxylic acids is 1. The van der Waals surface area contributed by atoms with E-state index >= 15 is 0 Å². The van der Waals surface area contributed by atoms with Crippen molar-refractivity contribution < 1.29 is 4.79 Å². The van der Waals surface area contributed by atoms with Gasteiger partial charge in [-0.05, 0) is 6.92 Å². The fourth-order valence-corrected chi connectivity index (χ4v) is 1.87. The minimum Gasteiger partial charge on any atom is -0.313 e. The van der Waals surface area contributed by atoms with Crippen LogP contribution in [0.4, 0.5) is 0 Å². The first-order valence-corrected chi connectivity index (χ1v) is 4.89. The zero-order chi connectivity index (χ0) is 8.10. The first-order valence-electron chi connectivity index (χ1n) is 3.84. The van der Waals surface area contributed by atoms with E-state index in [0.29, 0.717) is 11.1 Å². The van der Waals surface area contributed by atoms with Gasteiger partial charge in [0.05, 0.1) is 11.1 Å². The Hall–Kier alpha value is -0.0600. The van der Waals surface area contributed by atoms with Crippen molar-refractivity contribution in [3.8, 4) is 0 Å². The molecular formula is C7H14N2OS. The van der Waals surface area contributed by atoms with Gasteiger partial charge in [0.1, 0.15) is 5.78 Å². The molecule has 0 aromatic heterocycles. The summed E-state index contributed by atoms with van der Waals surface area (Å²) in [4.78, 5) is 10.6. The molecule has 1 rings (SSSR count). The third-order valence-corrected chi connectivity index (χ3v) is 2.80. The summed E-state index contributed by atoms with van der Waals surface area (Å²) in [5.41, 5.74) is 0. The number of rotatable bonds is 3. The Morgan fingerprint density at radius 2 is 2.45 bits per heavy atom. The lowest BCUT2D eigenvalue weighted by molar-refractivity contribution is -0.114. The number of piperazine rings is 1. The van der Waals surface area contributed by atoms with Crippen molar-refractivity contribution in [2.75, 3.05) is 25.4 Å². The quantitative estimate of drug-likeness (QED) is 0.623. The molecule has 11 heavy (non-hydrogen) atoms. The van der Waals surface area contributed by atoms with Crippen molar-refractivity contribution in [2.24, 2.45) is 0 Å². The van der Waals surface area contributed by atoms with Crippen LogP contribution in [-0.4, -0.2) is 36.5 Å². The molecular weight excluding hydrogens is 160 g/mol. The van der Waals surface area contributed by atoms with Gasteiger partial charge in [0, 0.05) is 19.6 Å². The summed E-state index contributed by atoms with van der Waals surface area (Å²) >= 11 is 1.68. The van der Waals surface area contributed by atoms with E-state index in [4.69, 9.17) is 0 Å². The average Bonchev–Trinajstić information content (AvgIpc) is 2.03. The Bertz CT molecular complexity index is 134. The van der Waals surface area contributed by atoms with Crippen LogP contribution in [0.2, 0.25) is 0 Å². The van der Waals surface area contributed by atoms with Gasteiger partial charge in [0.15, 0.2) is 0 Å². The molecule has 1 saturated heterocycles. The van der Waals surface area contributed by atoms with Crippen LogP contribution in [0.15, 0.2) is 0 Å². The second-order valence-electron chi connectivity index (χ2n) is 2.66. The Morgan fingerprint density at radius 3 is 3.00 bits per heavy atom. The monoisotopic (exact) mass is 174 g/mol. The first kappa shape index (κ1) is 9.03. The third-order valence-electron chi connectivity index (χ3n) is 1.49. The molecule has 1 unspecified atom stereocenters. The average molecular weight is 174 g/mol. The van der Waals surface area contributed by atoms with E-state index in [0.717, 1.165) is 19.6 Å². The molecule has 0 radical (unpaired) electrons. The molecule has 1 aliphatic heterocycles. The molecule has 2 N–H and O–H groups in total. The summed E-state index contributed by atoms with van der Waals surface area (Å²) in [6, 6.07) is 0. The van der Waals surface area contributed by atoms with Crippen LogP contribution in [0.25, 0.3) is 0 Å². The van der Waals surface area contributed by atoms with Gasteiger partial charge < -0.3 is 10.6 Å². The number of thioether (sulfide) groups is 1. The number of nitrogens with one attached hydrogen (secondary N) is 2. The summed E-state index contributed by atoms with van der Waals surface area (Å²) in [5.74, 6) is 0.877. The molecule has 1 atom stereocenters. The Morgan fingerprint density at radius 1 is 1.64 bits per heavy atom. The van der Waals surface area contributed by atoms with E-state index in [2.05, 4.69) is 10.6 Å². The fourth-order valence-electron chi connectivity index (χ4n) is 0.963. The maximum absolute atomic E-state index is 10.6. The Labute approximate surface area is 71.3 Å². The van der Waals surface area contributed by atoms with Crippen molar-refractivity contribution in [3.05, 3.63) is 0 Å². The van der Waals surface area contributed by atoms with E-state index in [-0.39, 0.29) is 5.78 Å². The normalized spacial score (nSPS) is 25.0. The summed E-state index contributed by atoms with van der Waals surface area (Å²) in [5, 5.41) is 7.01. The fraction of sp³-hybridized carbons (Fsp3) is 0.857. The summed E-state index contributed by atoms with van der Waals surface area (Å²) in [7, 11) is 0. The minimum atomic E-state index is 0.252. The Kier molecular flexibility index (Phi) is 3.90. The van der Waals surface area contributed by atoms with E-state index in [1.54, 1.807) is 18.7 Å². The zero-order valence-electron chi connectivity index (χ0n) is 6.72. The molecule has 1 aliphatic rings. The highest BCUT2D eigenvalue weighted by Gasteiger charge is 2.11. The molecule has 64 valence electrons. The molecule has 0 aromatic carbocycles. The molecule has 1 fully saturated rings. The maximum Gasteiger partial charge on any atom is 0.139 e. The number of hydrogen-bond acceptors (Lipinski definition) is 4. The van der Waals surface area contributed by atoms with E-state index < -0.39 is 0 Å². The molecule has 0 bridgehead atoms. The zero-order valence-corrected chi connectivity index (χ0v) is 7.54. The maximum atomic E-state index is 10.6. The van der Waals surface area contributed by atoms with Crippen LogP contribution in [0.1, 0.15) is 6.92 Å². The highest BCUT2D eigenvalue weighted by molar-refractivity contribution is 8.00. The number of carbonyl (C=O) groups is 1. The largest absolute Gasteiger partial charge is 0.313 e. The summed E-state index contributed by atoms with van der Waals surface area (Å²) in [6.07, 6.45) is 0. The lowest BCUT2D eigenvalue weighted by atomic mass is 10.4. The van der Waals surface area contributed by atoms with Crippen molar-refractivity contribution >= 4 is 17.5 Å². The van der Waals surface area contributed by atoms with Crippen molar-refractivity contribution in [1.82, 2.24) is 10.6 Å². The molecule has 3 nitrogen and oxygen atoms in total. The van der Waals surface area contributed by atoms with Gasteiger partial charge in [-0.1, -0.05) is 0 Å². The van der Waals surface area contributed by atoms with Gasteiger partial charge >= 0.3 is 0 Å². The molecule has 0 aliphatic carbocycles. The number of Topliss-reactive ketones (excluding diaryl/α,β-unsaturated/α-hetero) is 1. The topological polar surface area (TPSA) is 41.1 Å². The third kappa shape index (κ3) is 3.74. The summed E-state index contributed by atoms with van der Waals surface area (Å²) in [6.45, 7) is 4.65. The highest BCUT2D eigenvalue weighted by atomic mass is 32.2. The van der Waals surface area contributed by atoms with E-state index in [1.807, 2.05) is 0 Å². The van der Waals surface area contributed by atoms with Gasteiger partial charge in [-0.25, -0.2) is 0 Å². The number of ketones is 1. The molecule has 4 heteroatoms. The van der Waals surface area contributed by atoms with Gasteiger partial charge in [-0.3, -0.25) is 4.79 Å². The predicted octanol–water partition coefficient (Wildman–Crippen LogP) is -0.173. The molecule has 0 amide bonds. The van der Waals surface area contributed by atoms with Crippen LogP contribution in [0.3, 0.4) is 0 Å². The van der Waals surface area contributed by atoms with Gasteiger partial charge in [0.2, 0.25) is 0 Å². The molecule has 0 saturated carbocycles. The number of hydrogen-bond donors (Lipinski definition) is 2. The predicted molar refractivity (Wildman–Crippen MR) is 47.8 cm³/mol. The van der Waals surface area contributed by atoms with Gasteiger partial charge in [-0.2, -0.15) is 0 Å². The highest BCUT2D eigenvalue weighted by Crippen LogP contribution is 2.08. The second-order valence-corrected chi connectivity index (χ2v) is 3.85. The van der Waals surface area contributed by atoms with Gasteiger partial charge in [-0.15, -0.1) is 11.8 Å². The van der Waals surface area contributed by atoms with Crippen LogP contribution >= 0.6 is 11.8 Å². The van der Waals surface area contributed by atoms with Crippen molar-refractivity contribution in [3.63, 3.8) is 0 Å². The van der Waals surface area contributed by atoms with Crippen LogP contribution in [0.5, 0.6) is 0 Å². The van der Waals surface area contributed by atoms with Gasteiger partial charge in [0.25, 0.3) is 0 Å². The lowest BCUT2D eigenvalue weighted by Gasteiger charge is -2.23. The SMILES string of the molecule is CC(=O)CSC1CNCCN1. The van der Waals surface area contributed by atoms with Crippen molar-refractivity contribution in [2.45, 2.75) is 12.3 Å². The first-order chi connectivity index (χ1) is 5.29. The second kappa shape index (κ2) is 4.74. The molecule has 0 spiro atoms. The van der Waals surface area contributed by atoms with Crippen LogP contribution in [-0.2, 0) is 4.79 Å². The van der Waals surface area contributed by atoms with Crippen LogP contribution in [0, 0.1) is 0 Å². The Balaban J connectivity index is 2.09. The smallest absolute Gasteiger partial charge is 0.139 e.